The second-order valence-corrected chi connectivity index (χ2v) is 11.8. The zero-order valence-electron chi connectivity index (χ0n) is 19.6. The van der Waals surface area contributed by atoms with Gasteiger partial charge in [-0.1, -0.05) is 31.4 Å². The quantitative estimate of drug-likeness (QED) is 0.224. The third-order valence-electron chi connectivity index (χ3n) is 6.39. The third kappa shape index (κ3) is 9.16. The topological polar surface area (TPSA) is 124 Å². The molecule has 1 aromatic rings. The van der Waals surface area contributed by atoms with Crippen LogP contribution < -0.4 is 4.72 Å². The molecule has 35 heavy (non-hydrogen) atoms. The van der Waals surface area contributed by atoms with Crippen LogP contribution in [0.5, 0.6) is 0 Å². The lowest BCUT2D eigenvalue weighted by molar-refractivity contribution is -0.120. The molecule has 2 rings (SSSR count). The summed E-state index contributed by atoms with van der Waals surface area (Å²) in [5.41, 5.74) is -4.32. The van der Waals surface area contributed by atoms with Crippen LogP contribution in [0, 0.1) is 18.8 Å². The standard InChI is InChI=1S/C23H34F3NO6S2/c1-15-16(12-13-34-15)8-9-17(28)10-11-19-18(20(29)14-21(19)30)6-4-2-3-5-7-22(31)27-35(32,33)23(24,25)26/h10-13,17-21,28-30H,2-9,14H2,1H3,(H,27,31)/t17-,18+,19+,20-,21+/m0/s1. The van der Waals surface area contributed by atoms with E-state index in [4.69, 9.17) is 0 Å². The Morgan fingerprint density at radius 1 is 1.23 bits per heavy atom. The van der Waals surface area contributed by atoms with Crippen molar-refractivity contribution >= 4 is 27.3 Å². The van der Waals surface area contributed by atoms with Gasteiger partial charge in [-0.3, -0.25) is 4.79 Å². The van der Waals surface area contributed by atoms with Gasteiger partial charge in [-0.05, 0) is 55.5 Å². The van der Waals surface area contributed by atoms with E-state index in [0.717, 1.165) is 11.1 Å². The lowest BCUT2D eigenvalue weighted by Gasteiger charge is -2.21. The van der Waals surface area contributed by atoms with E-state index in [1.54, 1.807) is 23.5 Å². The van der Waals surface area contributed by atoms with Gasteiger partial charge >= 0.3 is 15.5 Å². The average molecular weight is 542 g/mol. The lowest BCUT2D eigenvalue weighted by Crippen LogP contribution is -2.40. The first-order valence-corrected chi connectivity index (χ1v) is 14.1. The summed E-state index contributed by atoms with van der Waals surface area (Å²) in [5.74, 6) is -1.68. The van der Waals surface area contributed by atoms with Crippen LogP contribution in [0.25, 0.3) is 0 Å². The highest BCUT2D eigenvalue weighted by Crippen LogP contribution is 2.37. The van der Waals surface area contributed by atoms with Gasteiger partial charge < -0.3 is 15.3 Å². The van der Waals surface area contributed by atoms with Crippen molar-refractivity contribution in [2.24, 2.45) is 11.8 Å². The minimum atomic E-state index is -5.68. The van der Waals surface area contributed by atoms with E-state index in [1.165, 1.54) is 10.4 Å². The maximum absolute atomic E-state index is 12.3. The van der Waals surface area contributed by atoms with Gasteiger partial charge in [0.05, 0.1) is 18.3 Å². The van der Waals surface area contributed by atoms with Gasteiger partial charge in [-0.15, -0.1) is 11.3 Å². The summed E-state index contributed by atoms with van der Waals surface area (Å²) in [4.78, 5) is 12.7. The normalized spacial score (nSPS) is 24.2. The molecule has 1 amide bonds. The van der Waals surface area contributed by atoms with E-state index in [9.17, 15) is 41.7 Å². The Bertz CT molecular complexity index is 947. The number of aliphatic hydroxyl groups excluding tert-OH is 3. The van der Waals surface area contributed by atoms with Crippen LogP contribution in [0.4, 0.5) is 13.2 Å². The molecular weight excluding hydrogens is 507 g/mol. The Labute approximate surface area is 208 Å². The molecule has 1 saturated carbocycles. The number of sulfonamides is 1. The molecule has 0 bridgehead atoms. The molecule has 4 N–H and O–H groups in total. The summed E-state index contributed by atoms with van der Waals surface area (Å²) in [5, 5.41) is 33.0. The SMILES string of the molecule is Cc1sccc1CC[C@H](O)C=C[C@@H]1[C@@H](CCCCCCC(=O)NS(=O)(=O)C(F)(F)F)[C@@H](O)C[C@H]1O. The molecule has 0 radical (unpaired) electrons. The monoisotopic (exact) mass is 541 g/mol. The number of halogens is 3. The van der Waals surface area contributed by atoms with Crippen LogP contribution in [-0.4, -0.2) is 53.5 Å². The second-order valence-electron chi connectivity index (χ2n) is 9.03. The number of carbonyl (C=O) groups is 1. The highest BCUT2D eigenvalue weighted by molar-refractivity contribution is 7.90. The molecule has 1 aromatic heterocycles. The minimum absolute atomic E-state index is 0.187. The summed E-state index contributed by atoms with van der Waals surface area (Å²) in [6.07, 6.45) is 5.27. The van der Waals surface area contributed by atoms with Crippen molar-refractivity contribution in [3.05, 3.63) is 34.0 Å². The summed E-state index contributed by atoms with van der Waals surface area (Å²) < 4.78 is 59.6. The molecule has 0 spiro atoms. The molecule has 1 heterocycles. The van der Waals surface area contributed by atoms with Gasteiger partial charge in [-0.25, -0.2) is 4.72 Å². The zero-order valence-corrected chi connectivity index (χ0v) is 21.2. The molecule has 0 aromatic carbocycles. The molecule has 200 valence electrons. The maximum atomic E-state index is 12.3. The number of carbonyl (C=O) groups excluding carboxylic acids is 1. The van der Waals surface area contributed by atoms with Crippen molar-refractivity contribution in [2.75, 3.05) is 0 Å². The largest absolute Gasteiger partial charge is 0.516 e. The van der Waals surface area contributed by atoms with E-state index in [1.807, 2.05) is 18.4 Å². The first-order valence-electron chi connectivity index (χ1n) is 11.7. The number of hydrogen-bond donors (Lipinski definition) is 4. The zero-order chi connectivity index (χ0) is 26.2. The van der Waals surface area contributed by atoms with Gasteiger partial charge in [-0.2, -0.15) is 21.6 Å². The fourth-order valence-corrected chi connectivity index (χ4v) is 5.66. The summed E-state index contributed by atoms with van der Waals surface area (Å²) in [7, 11) is -5.68. The molecule has 1 fully saturated rings. The molecule has 1 aliphatic rings. The Morgan fingerprint density at radius 3 is 2.54 bits per heavy atom. The molecule has 12 heteroatoms. The van der Waals surface area contributed by atoms with Gasteiger partial charge in [0.15, 0.2) is 0 Å². The number of alkyl halides is 3. The number of unbranched alkanes of at least 4 members (excludes halogenated alkanes) is 3. The van der Waals surface area contributed by atoms with Crippen LogP contribution in [0.2, 0.25) is 0 Å². The van der Waals surface area contributed by atoms with E-state index in [-0.39, 0.29) is 31.1 Å². The van der Waals surface area contributed by atoms with Crippen LogP contribution in [-0.2, 0) is 21.2 Å². The Hall–Kier alpha value is -1.47. The van der Waals surface area contributed by atoms with Crippen molar-refractivity contribution in [2.45, 2.75) is 88.5 Å². The maximum Gasteiger partial charge on any atom is 0.516 e. The summed E-state index contributed by atoms with van der Waals surface area (Å²) in [6, 6.07) is 2.04. The van der Waals surface area contributed by atoms with Crippen molar-refractivity contribution in [1.82, 2.24) is 4.72 Å². The van der Waals surface area contributed by atoms with E-state index < -0.39 is 39.8 Å². The number of hydrogen-bond acceptors (Lipinski definition) is 7. The summed E-state index contributed by atoms with van der Waals surface area (Å²) in [6.45, 7) is 2.04. The van der Waals surface area contributed by atoms with Crippen LogP contribution in [0.15, 0.2) is 23.6 Å². The number of rotatable bonds is 13. The van der Waals surface area contributed by atoms with Crippen LogP contribution in [0.3, 0.4) is 0 Å². The van der Waals surface area contributed by atoms with Crippen LogP contribution >= 0.6 is 11.3 Å². The van der Waals surface area contributed by atoms with Gasteiger partial charge in [0, 0.05) is 23.6 Å². The predicted octanol–water partition coefficient (Wildman–Crippen LogP) is 3.57. The second kappa shape index (κ2) is 13.2. The minimum Gasteiger partial charge on any atom is -0.393 e. The number of amides is 1. The smallest absolute Gasteiger partial charge is 0.393 e. The lowest BCUT2D eigenvalue weighted by atomic mass is 9.87. The molecule has 0 unspecified atom stereocenters. The van der Waals surface area contributed by atoms with Gasteiger partial charge in [0.1, 0.15) is 0 Å². The first-order chi connectivity index (χ1) is 16.3. The van der Waals surface area contributed by atoms with Gasteiger partial charge in [0.2, 0.25) is 5.91 Å². The Morgan fingerprint density at radius 2 is 1.91 bits per heavy atom. The average Bonchev–Trinajstić information content (AvgIpc) is 3.27. The fraction of sp³-hybridized carbons (Fsp3) is 0.696. The number of aryl methyl sites for hydroxylation is 2. The highest BCUT2D eigenvalue weighted by Gasteiger charge is 2.46. The highest BCUT2D eigenvalue weighted by atomic mass is 32.2. The Balaban J connectivity index is 1.72. The Kier molecular flexibility index (Phi) is 11.2. The number of thiophene rings is 1. The molecule has 0 aliphatic heterocycles. The number of aliphatic hydroxyl groups is 3. The molecule has 5 atom stereocenters. The molecular formula is C23H34F3NO6S2. The van der Waals surface area contributed by atoms with Crippen molar-refractivity contribution in [3.8, 4) is 0 Å². The van der Waals surface area contributed by atoms with Crippen molar-refractivity contribution in [1.29, 1.82) is 0 Å². The molecule has 7 nitrogen and oxygen atoms in total. The molecule has 0 saturated heterocycles. The first kappa shape index (κ1) is 29.8. The van der Waals surface area contributed by atoms with Gasteiger partial charge in [0.25, 0.3) is 0 Å². The van der Waals surface area contributed by atoms with E-state index in [2.05, 4.69) is 0 Å². The van der Waals surface area contributed by atoms with E-state index in [0.29, 0.717) is 32.1 Å². The fourth-order valence-electron chi connectivity index (χ4n) is 4.38. The van der Waals surface area contributed by atoms with Crippen LogP contribution in [0.1, 0.15) is 61.8 Å². The predicted molar refractivity (Wildman–Crippen MR) is 127 cm³/mol. The van der Waals surface area contributed by atoms with Crippen molar-refractivity contribution < 1.29 is 41.7 Å². The van der Waals surface area contributed by atoms with Crippen molar-refractivity contribution in [3.63, 3.8) is 0 Å². The number of nitrogens with one attached hydrogen (secondary N) is 1. The van der Waals surface area contributed by atoms with E-state index >= 15 is 0 Å². The molecule has 1 aliphatic carbocycles. The summed E-state index contributed by atoms with van der Waals surface area (Å²) >= 11 is 1.66. The third-order valence-corrected chi connectivity index (χ3v) is 8.39.